The summed E-state index contributed by atoms with van der Waals surface area (Å²) in [5, 5.41) is 0. The largest absolute Gasteiger partial charge is 0.351 e. The Labute approximate surface area is 182 Å². The second kappa shape index (κ2) is 20.2. The zero-order valence-corrected chi connectivity index (χ0v) is 18.0. The number of carbonyl (C=O) groups is 2. The number of carbonyl (C=O) groups excluding carboxylic acids is 5. The van der Waals surface area contributed by atoms with Crippen molar-refractivity contribution in [3.8, 4) is 0 Å². The third-order valence-corrected chi connectivity index (χ3v) is 4.51. The van der Waals surface area contributed by atoms with Crippen molar-refractivity contribution in [2.24, 2.45) is 20.7 Å². The van der Waals surface area contributed by atoms with Gasteiger partial charge in [-0.1, -0.05) is 0 Å². The molecule has 0 heterocycles. The minimum atomic E-state index is -0.804. The van der Waals surface area contributed by atoms with Crippen LogP contribution in [0.15, 0.2) is 15.0 Å². The number of hydrogen-bond donors (Lipinski definition) is 1. The molecule has 0 rings (SSSR count). The first kappa shape index (κ1) is 27.9. The number of nitrogens with zero attached hydrogens (tertiary/aromatic N) is 5. The third kappa shape index (κ3) is 15.4. The van der Waals surface area contributed by atoms with E-state index in [1.54, 1.807) is 4.90 Å². The molecule has 172 valence electrons. The van der Waals surface area contributed by atoms with Gasteiger partial charge in [0.1, 0.15) is 0 Å². The molecular weight excluding hydrogens is 404 g/mol. The third-order valence-electron chi connectivity index (χ3n) is 4.51. The monoisotopic (exact) mass is 436 g/mol. The quantitative estimate of drug-likeness (QED) is 0.198. The van der Waals surface area contributed by atoms with Crippen molar-refractivity contribution in [3.63, 3.8) is 0 Å². The maximum atomic E-state index is 12.9. The van der Waals surface area contributed by atoms with Gasteiger partial charge in [0.05, 0.1) is 19.6 Å². The highest BCUT2D eigenvalue weighted by Crippen LogP contribution is 2.09. The number of nitrogens with two attached hydrogens (primary N) is 1. The number of aliphatic imine (C=N–C) groups is 3. The second-order valence-electron chi connectivity index (χ2n) is 6.86. The van der Waals surface area contributed by atoms with Crippen LogP contribution >= 0.6 is 0 Å². The van der Waals surface area contributed by atoms with Crippen molar-refractivity contribution in [3.05, 3.63) is 0 Å². The van der Waals surface area contributed by atoms with Crippen molar-refractivity contribution < 1.29 is 24.0 Å². The first-order valence-electron chi connectivity index (χ1n) is 10.5. The van der Waals surface area contributed by atoms with Crippen LogP contribution < -0.4 is 5.73 Å². The fourth-order valence-electron chi connectivity index (χ4n) is 2.89. The number of rotatable bonds is 18. The van der Waals surface area contributed by atoms with Crippen molar-refractivity contribution >= 4 is 30.3 Å². The lowest BCUT2D eigenvalue weighted by atomic mass is 10.2. The van der Waals surface area contributed by atoms with Crippen LogP contribution in [0.5, 0.6) is 0 Å². The van der Waals surface area contributed by atoms with Crippen molar-refractivity contribution in [2.45, 2.75) is 57.8 Å². The van der Waals surface area contributed by atoms with E-state index in [1.807, 2.05) is 0 Å². The summed E-state index contributed by atoms with van der Waals surface area (Å²) in [5.74, 6) is 0. The molecule has 11 nitrogen and oxygen atoms in total. The summed E-state index contributed by atoms with van der Waals surface area (Å²) in [7, 11) is 0. The van der Waals surface area contributed by atoms with Gasteiger partial charge in [0.15, 0.2) is 0 Å². The van der Waals surface area contributed by atoms with Gasteiger partial charge in [0.2, 0.25) is 18.2 Å². The summed E-state index contributed by atoms with van der Waals surface area (Å²) in [6.45, 7) is 2.26. The summed E-state index contributed by atoms with van der Waals surface area (Å²) in [5.41, 5.74) is 5.43. The standard InChI is InChI=1S/C20H32N6O5/c21-19(30)26(15-9-3-6-12-24-18-29)20(31)25(13-7-1-4-10-22-16-27)14-8-2-5-11-23-17-28/h1-15H2,(H2,21,30). The molecular formula is C20H32N6O5. The van der Waals surface area contributed by atoms with Gasteiger partial charge in [-0.3, -0.25) is 0 Å². The Morgan fingerprint density at radius 2 is 1.00 bits per heavy atom. The summed E-state index contributed by atoms with van der Waals surface area (Å²) >= 11 is 0. The minimum Gasteiger partial charge on any atom is -0.351 e. The molecule has 0 aliphatic carbocycles. The Bertz CT molecular complexity index is 639. The molecule has 0 aliphatic heterocycles. The Morgan fingerprint density at radius 3 is 1.35 bits per heavy atom. The summed E-state index contributed by atoms with van der Waals surface area (Å²) < 4.78 is 0. The number of unbranched alkanes of at least 4 members (excludes halogenated alkanes) is 6. The van der Waals surface area contributed by atoms with Gasteiger partial charge < -0.3 is 10.6 Å². The molecule has 0 radical (unpaired) electrons. The molecule has 0 bridgehead atoms. The topological polar surface area (TPSA) is 155 Å². The molecule has 2 N–H and O–H groups in total. The number of primary amides is 1. The maximum absolute atomic E-state index is 12.9. The van der Waals surface area contributed by atoms with Crippen molar-refractivity contribution in [2.75, 3.05) is 39.3 Å². The van der Waals surface area contributed by atoms with E-state index < -0.39 is 12.1 Å². The van der Waals surface area contributed by atoms with Crippen LogP contribution in [0.4, 0.5) is 9.59 Å². The molecule has 0 saturated carbocycles. The zero-order valence-electron chi connectivity index (χ0n) is 18.0. The van der Waals surface area contributed by atoms with Gasteiger partial charge in [-0.2, -0.15) is 0 Å². The van der Waals surface area contributed by atoms with Gasteiger partial charge in [-0.25, -0.2) is 43.8 Å². The van der Waals surface area contributed by atoms with Crippen LogP contribution in [0.1, 0.15) is 57.8 Å². The Morgan fingerprint density at radius 1 is 0.613 bits per heavy atom. The van der Waals surface area contributed by atoms with Gasteiger partial charge in [0, 0.05) is 19.6 Å². The number of amides is 4. The lowest BCUT2D eigenvalue weighted by Gasteiger charge is -2.28. The molecule has 0 atom stereocenters. The highest BCUT2D eigenvalue weighted by Gasteiger charge is 2.24. The Balaban J connectivity index is 4.74. The molecule has 0 aliphatic rings. The zero-order chi connectivity index (χ0) is 23.2. The highest BCUT2D eigenvalue weighted by atomic mass is 16.2. The summed E-state index contributed by atoms with van der Waals surface area (Å²) in [6.07, 6.45) is 10.7. The fourth-order valence-corrected chi connectivity index (χ4v) is 2.89. The van der Waals surface area contributed by atoms with Crippen LogP contribution in [-0.4, -0.2) is 79.4 Å². The van der Waals surface area contributed by atoms with E-state index in [9.17, 15) is 24.0 Å². The summed E-state index contributed by atoms with van der Waals surface area (Å²) in [6, 6.07) is -1.24. The maximum Gasteiger partial charge on any atom is 0.328 e. The van der Waals surface area contributed by atoms with E-state index in [4.69, 9.17) is 5.73 Å². The first-order valence-corrected chi connectivity index (χ1v) is 10.5. The predicted molar refractivity (Wildman–Crippen MR) is 114 cm³/mol. The predicted octanol–water partition coefficient (Wildman–Crippen LogP) is 2.31. The molecule has 0 spiro atoms. The molecule has 11 heteroatoms. The van der Waals surface area contributed by atoms with Crippen LogP contribution in [-0.2, 0) is 14.4 Å². The first-order chi connectivity index (χ1) is 15.1. The lowest BCUT2D eigenvalue weighted by molar-refractivity contribution is 0.154. The molecule has 0 saturated heterocycles. The molecule has 0 aromatic rings. The van der Waals surface area contributed by atoms with Crippen LogP contribution in [0.2, 0.25) is 0 Å². The average Bonchev–Trinajstić information content (AvgIpc) is 2.75. The highest BCUT2D eigenvalue weighted by molar-refractivity contribution is 5.92. The minimum absolute atomic E-state index is 0.192. The van der Waals surface area contributed by atoms with E-state index in [0.717, 1.165) is 17.7 Å². The fraction of sp³-hybridized carbons (Fsp3) is 0.750. The van der Waals surface area contributed by atoms with Crippen LogP contribution in [0, 0.1) is 0 Å². The molecule has 0 fully saturated rings. The molecule has 0 aromatic carbocycles. The number of imide groups is 1. The van der Waals surface area contributed by atoms with Crippen LogP contribution in [0.25, 0.3) is 0 Å². The van der Waals surface area contributed by atoms with Crippen LogP contribution in [0.3, 0.4) is 0 Å². The van der Waals surface area contributed by atoms with E-state index in [0.29, 0.717) is 77.7 Å². The molecule has 0 unspecified atom stereocenters. The van der Waals surface area contributed by atoms with E-state index in [1.165, 1.54) is 18.2 Å². The van der Waals surface area contributed by atoms with Gasteiger partial charge in [-0.05, 0) is 57.8 Å². The van der Waals surface area contributed by atoms with Crippen molar-refractivity contribution in [1.29, 1.82) is 0 Å². The lowest BCUT2D eigenvalue weighted by Crippen LogP contribution is -2.49. The van der Waals surface area contributed by atoms with E-state index in [-0.39, 0.29) is 6.54 Å². The smallest absolute Gasteiger partial charge is 0.328 e. The van der Waals surface area contributed by atoms with Gasteiger partial charge in [0.25, 0.3) is 0 Å². The van der Waals surface area contributed by atoms with E-state index >= 15 is 0 Å². The molecule has 4 amide bonds. The Kier molecular flexibility index (Phi) is 18.1. The van der Waals surface area contributed by atoms with Gasteiger partial charge >= 0.3 is 12.1 Å². The molecule has 31 heavy (non-hydrogen) atoms. The second-order valence-corrected chi connectivity index (χ2v) is 6.86. The SMILES string of the molecule is NC(=O)N(CCCCCN=C=O)C(=O)N(CCCCCN=C=O)CCCCCN=C=O. The summed E-state index contributed by atoms with van der Waals surface area (Å²) in [4.78, 5) is 68.1. The van der Waals surface area contributed by atoms with Crippen molar-refractivity contribution in [1.82, 2.24) is 9.80 Å². The van der Waals surface area contributed by atoms with Gasteiger partial charge in [-0.15, -0.1) is 0 Å². The number of urea groups is 2. The number of isocyanates is 3. The molecule has 0 aromatic heterocycles. The average molecular weight is 437 g/mol. The van der Waals surface area contributed by atoms with E-state index in [2.05, 4.69) is 15.0 Å². The number of hydrogen-bond acceptors (Lipinski definition) is 8. The Hall–Kier alpha value is -3.12. The normalized spacial score (nSPS) is 9.68.